The largest absolute Gasteiger partial charge is 0.490 e. The summed E-state index contributed by atoms with van der Waals surface area (Å²) in [5, 5.41) is 9.01. The molecule has 6 heteroatoms. The number of hydrogen-bond acceptors (Lipinski definition) is 4. The Morgan fingerprint density at radius 3 is 2.52 bits per heavy atom. The molecule has 0 unspecified atom stereocenters. The summed E-state index contributed by atoms with van der Waals surface area (Å²) >= 11 is 3.34. The minimum Gasteiger partial charge on any atom is -0.490 e. The van der Waals surface area contributed by atoms with Crippen molar-refractivity contribution in [1.29, 1.82) is 5.26 Å². The number of rotatable bonds is 9. The zero-order valence-corrected chi connectivity index (χ0v) is 14.6. The Morgan fingerprint density at radius 2 is 2.00 bits per heavy atom. The molecule has 1 amide bonds. The molecular formula is C17H19BrN2O3. The molecule has 1 aromatic carbocycles. The molecule has 1 rings (SSSR count). The van der Waals surface area contributed by atoms with Crippen molar-refractivity contribution in [2.45, 2.75) is 6.92 Å². The van der Waals surface area contributed by atoms with Gasteiger partial charge in [-0.25, -0.2) is 0 Å². The van der Waals surface area contributed by atoms with Gasteiger partial charge in [0.05, 0.1) is 22.7 Å². The second-order valence-electron chi connectivity index (χ2n) is 4.49. The van der Waals surface area contributed by atoms with Crippen molar-refractivity contribution >= 4 is 21.8 Å². The zero-order valence-electron chi connectivity index (χ0n) is 13.0. The minimum absolute atomic E-state index is 0.147. The quantitative estimate of drug-likeness (QED) is 0.618. The van der Waals surface area contributed by atoms with Crippen LogP contribution >= 0.6 is 15.9 Å². The van der Waals surface area contributed by atoms with Crippen LogP contribution in [0.25, 0.3) is 0 Å². The highest BCUT2D eigenvalue weighted by Gasteiger charge is 2.16. The fourth-order valence-electron chi connectivity index (χ4n) is 1.85. The van der Waals surface area contributed by atoms with Gasteiger partial charge in [-0.2, -0.15) is 5.26 Å². The van der Waals surface area contributed by atoms with Gasteiger partial charge in [0.1, 0.15) is 0 Å². The number of hydrogen-bond donors (Lipinski definition) is 0. The van der Waals surface area contributed by atoms with Crippen LogP contribution in [0.15, 0.2) is 41.9 Å². The lowest BCUT2D eigenvalue weighted by molar-refractivity contribution is -0.132. The van der Waals surface area contributed by atoms with Crippen molar-refractivity contribution in [2.24, 2.45) is 0 Å². The summed E-state index contributed by atoms with van der Waals surface area (Å²) in [6.45, 7) is 10.2. The molecule has 0 atom stereocenters. The van der Waals surface area contributed by atoms with E-state index in [1.165, 1.54) is 0 Å². The number of nitrogens with zero attached hydrogens (tertiary/aromatic N) is 2. The van der Waals surface area contributed by atoms with Gasteiger partial charge in [0.25, 0.3) is 5.91 Å². The number of amides is 1. The first kappa shape index (κ1) is 18.8. The molecule has 5 nitrogen and oxygen atoms in total. The van der Waals surface area contributed by atoms with Crippen LogP contribution < -0.4 is 9.47 Å². The molecule has 0 saturated carbocycles. The Kier molecular flexibility index (Phi) is 7.92. The molecule has 1 aromatic rings. The van der Waals surface area contributed by atoms with Crippen LogP contribution in [-0.4, -0.2) is 37.1 Å². The normalized spacial score (nSPS) is 9.61. The highest BCUT2D eigenvalue weighted by molar-refractivity contribution is 9.10. The van der Waals surface area contributed by atoms with Crippen molar-refractivity contribution in [3.05, 3.63) is 47.5 Å². The van der Waals surface area contributed by atoms with Crippen LogP contribution in [0.1, 0.15) is 12.5 Å². The summed E-state index contributed by atoms with van der Waals surface area (Å²) in [6, 6.07) is 5.25. The average molecular weight is 379 g/mol. The number of carbonyl (C=O) groups excluding carboxylic acids is 1. The van der Waals surface area contributed by atoms with Crippen LogP contribution in [0.5, 0.6) is 11.5 Å². The van der Waals surface area contributed by atoms with Gasteiger partial charge in [-0.05, 0) is 28.9 Å². The van der Waals surface area contributed by atoms with E-state index in [2.05, 4.69) is 29.1 Å². The molecule has 0 heterocycles. The van der Waals surface area contributed by atoms with E-state index in [-0.39, 0.29) is 12.5 Å². The molecule has 0 bridgehead atoms. The van der Waals surface area contributed by atoms with Gasteiger partial charge in [-0.1, -0.05) is 12.2 Å². The first-order valence-electron chi connectivity index (χ1n) is 7.06. The number of benzene rings is 1. The first-order chi connectivity index (χ1) is 11.1. The number of carbonyl (C=O) groups is 1. The van der Waals surface area contributed by atoms with Gasteiger partial charge in [0, 0.05) is 19.2 Å². The van der Waals surface area contributed by atoms with Crippen LogP contribution in [0.2, 0.25) is 0 Å². The van der Waals surface area contributed by atoms with Crippen LogP contribution in [0.4, 0.5) is 0 Å². The highest BCUT2D eigenvalue weighted by atomic mass is 79.9. The Balaban J connectivity index is 2.91. The SMILES string of the molecule is C=CCN(CC=C)C(=O)COc1c(Br)cc(C#N)cc1OCC. The molecule has 0 aromatic heterocycles. The zero-order chi connectivity index (χ0) is 17.2. The lowest BCUT2D eigenvalue weighted by atomic mass is 10.2. The molecule has 122 valence electrons. The number of ether oxygens (including phenoxy) is 2. The van der Waals surface area contributed by atoms with E-state index in [1.807, 2.05) is 13.0 Å². The third-order valence-electron chi connectivity index (χ3n) is 2.83. The standard InChI is InChI=1S/C17H19BrN2O3/c1-4-7-20(8-5-2)16(21)12-23-17-14(18)9-13(11-19)10-15(17)22-6-3/h4-5,9-10H,1-2,6-8,12H2,3H3. The van der Waals surface area contributed by atoms with Crippen molar-refractivity contribution < 1.29 is 14.3 Å². The molecule has 0 aliphatic heterocycles. The summed E-state index contributed by atoms with van der Waals surface area (Å²) in [4.78, 5) is 13.8. The van der Waals surface area contributed by atoms with Crippen LogP contribution in [0.3, 0.4) is 0 Å². The topological polar surface area (TPSA) is 62.6 Å². The Bertz CT molecular complexity index is 613. The Hall–Kier alpha value is -2.26. The fourth-order valence-corrected chi connectivity index (χ4v) is 2.41. The predicted octanol–water partition coefficient (Wildman–Crippen LogP) is 3.30. The predicted molar refractivity (Wildman–Crippen MR) is 92.5 cm³/mol. The van der Waals surface area contributed by atoms with E-state index in [1.54, 1.807) is 29.2 Å². The summed E-state index contributed by atoms with van der Waals surface area (Å²) in [5.41, 5.74) is 0.443. The van der Waals surface area contributed by atoms with Crippen molar-refractivity contribution in [2.75, 3.05) is 26.3 Å². The third kappa shape index (κ3) is 5.46. The van der Waals surface area contributed by atoms with E-state index < -0.39 is 0 Å². The van der Waals surface area contributed by atoms with E-state index >= 15 is 0 Å². The highest BCUT2D eigenvalue weighted by Crippen LogP contribution is 2.36. The van der Waals surface area contributed by atoms with Crippen molar-refractivity contribution in [3.63, 3.8) is 0 Å². The molecule has 0 aliphatic rings. The van der Waals surface area contributed by atoms with Crippen LogP contribution in [0, 0.1) is 11.3 Å². The Labute approximate surface area is 144 Å². The summed E-state index contributed by atoms with van der Waals surface area (Å²) < 4.78 is 11.7. The Morgan fingerprint density at radius 1 is 1.35 bits per heavy atom. The third-order valence-corrected chi connectivity index (χ3v) is 3.42. The number of halogens is 1. The second kappa shape index (κ2) is 9.70. The minimum atomic E-state index is -0.191. The summed E-state index contributed by atoms with van der Waals surface area (Å²) in [7, 11) is 0. The van der Waals surface area contributed by atoms with Gasteiger partial charge < -0.3 is 14.4 Å². The van der Waals surface area contributed by atoms with Gasteiger partial charge in [0.2, 0.25) is 0 Å². The summed E-state index contributed by atoms with van der Waals surface area (Å²) in [5.74, 6) is 0.630. The lowest BCUT2D eigenvalue weighted by Gasteiger charge is -2.20. The fraction of sp³-hybridized carbons (Fsp3) is 0.294. The smallest absolute Gasteiger partial charge is 0.261 e. The van der Waals surface area contributed by atoms with Gasteiger partial charge in [-0.3, -0.25) is 4.79 Å². The van der Waals surface area contributed by atoms with Crippen molar-refractivity contribution in [3.8, 4) is 17.6 Å². The first-order valence-corrected chi connectivity index (χ1v) is 7.85. The van der Waals surface area contributed by atoms with E-state index in [0.29, 0.717) is 41.2 Å². The monoisotopic (exact) mass is 378 g/mol. The van der Waals surface area contributed by atoms with Crippen LogP contribution in [-0.2, 0) is 4.79 Å². The maximum Gasteiger partial charge on any atom is 0.261 e. The van der Waals surface area contributed by atoms with E-state index in [9.17, 15) is 4.79 Å². The molecule has 0 saturated heterocycles. The summed E-state index contributed by atoms with van der Waals surface area (Å²) in [6.07, 6.45) is 3.29. The average Bonchev–Trinajstić information content (AvgIpc) is 2.53. The second-order valence-corrected chi connectivity index (χ2v) is 5.35. The molecule has 0 aliphatic carbocycles. The molecule has 0 N–H and O–H groups in total. The maximum atomic E-state index is 12.2. The molecule has 23 heavy (non-hydrogen) atoms. The molecule has 0 spiro atoms. The molecule has 0 fully saturated rings. The van der Waals surface area contributed by atoms with E-state index in [4.69, 9.17) is 14.7 Å². The van der Waals surface area contributed by atoms with Gasteiger partial charge in [0.15, 0.2) is 18.1 Å². The molecule has 0 radical (unpaired) electrons. The lowest BCUT2D eigenvalue weighted by Crippen LogP contribution is -2.35. The van der Waals surface area contributed by atoms with E-state index in [0.717, 1.165) is 0 Å². The van der Waals surface area contributed by atoms with Gasteiger partial charge in [-0.15, -0.1) is 13.2 Å². The maximum absolute atomic E-state index is 12.2. The van der Waals surface area contributed by atoms with Crippen molar-refractivity contribution in [1.82, 2.24) is 4.90 Å². The number of nitriles is 1. The van der Waals surface area contributed by atoms with Gasteiger partial charge >= 0.3 is 0 Å². The molecular weight excluding hydrogens is 360 g/mol.